The SMILES string of the molecule is O=C1N[C@H]2CN(Cc3ccccn3)C[C@@H]2OCc2cn(nn2)CCCOc2cc1ccc2Cl. The third-order valence-electron chi connectivity index (χ3n) is 5.78. The van der Waals surface area contributed by atoms with Crippen LogP contribution in [0, 0.1) is 0 Å². The van der Waals surface area contributed by atoms with E-state index in [9.17, 15) is 4.79 Å². The predicted octanol–water partition coefficient (Wildman–Crippen LogP) is 2.31. The van der Waals surface area contributed by atoms with Crippen LogP contribution in [0.1, 0.15) is 28.2 Å². The molecule has 2 aliphatic rings. The van der Waals surface area contributed by atoms with Gasteiger partial charge in [-0.1, -0.05) is 22.9 Å². The zero-order chi connectivity index (χ0) is 22.6. The molecule has 4 heterocycles. The number of ether oxygens (including phenoxy) is 2. The van der Waals surface area contributed by atoms with Crippen LogP contribution < -0.4 is 10.1 Å². The summed E-state index contributed by atoms with van der Waals surface area (Å²) in [6, 6.07) is 10.8. The van der Waals surface area contributed by atoms with Crippen LogP contribution in [0.2, 0.25) is 5.02 Å². The summed E-state index contributed by atoms with van der Waals surface area (Å²) in [6.07, 6.45) is 4.20. The van der Waals surface area contributed by atoms with E-state index in [1.807, 2.05) is 24.4 Å². The van der Waals surface area contributed by atoms with Crippen molar-refractivity contribution in [1.29, 1.82) is 0 Å². The first-order valence-electron chi connectivity index (χ1n) is 11.0. The summed E-state index contributed by atoms with van der Waals surface area (Å²) in [6.45, 7) is 3.44. The summed E-state index contributed by atoms with van der Waals surface area (Å²) in [4.78, 5) is 19.7. The Morgan fingerprint density at radius 3 is 3.03 bits per heavy atom. The molecule has 33 heavy (non-hydrogen) atoms. The van der Waals surface area contributed by atoms with E-state index in [0.717, 1.165) is 17.8 Å². The molecule has 1 amide bonds. The van der Waals surface area contributed by atoms with Gasteiger partial charge < -0.3 is 14.8 Å². The summed E-state index contributed by atoms with van der Waals surface area (Å²) in [5.41, 5.74) is 2.23. The number of carbonyl (C=O) groups excluding carboxylic acids is 1. The summed E-state index contributed by atoms with van der Waals surface area (Å²) in [7, 11) is 0. The molecule has 172 valence electrons. The number of benzene rings is 1. The number of rotatable bonds is 2. The van der Waals surface area contributed by atoms with Crippen molar-refractivity contribution >= 4 is 17.5 Å². The standard InChI is InChI=1S/C23H25ClN6O3/c24-19-6-5-16-10-21(19)32-9-3-8-30-12-18(27-28-30)15-33-22-14-29(13-20(22)26-23(16)31)11-17-4-1-2-7-25-17/h1-2,4-7,10,12,20,22H,3,8-9,11,13-15H2,(H,26,31)/t20-,22-/m0/s1. The predicted molar refractivity (Wildman–Crippen MR) is 121 cm³/mol. The molecule has 9 nitrogen and oxygen atoms in total. The van der Waals surface area contributed by atoms with Crippen molar-refractivity contribution in [3.05, 3.63) is 70.8 Å². The molecular formula is C23H25ClN6O3. The number of nitrogens with one attached hydrogen (secondary N) is 1. The lowest BCUT2D eigenvalue weighted by atomic mass is 10.1. The minimum absolute atomic E-state index is 0.187. The van der Waals surface area contributed by atoms with Gasteiger partial charge in [0.2, 0.25) is 0 Å². The maximum Gasteiger partial charge on any atom is 0.251 e. The molecule has 2 aromatic heterocycles. The second-order valence-electron chi connectivity index (χ2n) is 8.26. The van der Waals surface area contributed by atoms with Crippen LogP contribution in [-0.2, 0) is 24.4 Å². The fraction of sp³-hybridized carbons (Fsp3) is 0.391. The Morgan fingerprint density at radius 2 is 2.15 bits per heavy atom. The van der Waals surface area contributed by atoms with Crippen molar-refractivity contribution in [2.75, 3.05) is 19.7 Å². The number of hydrogen-bond acceptors (Lipinski definition) is 7. The third-order valence-corrected chi connectivity index (χ3v) is 6.10. The van der Waals surface area contributed by atoms with E-state index in [2.05, 4.69) is 25.5 Å². The van der Waals surface area contributed by atoms with Crippen LogP contribution in [0.4, 0.5) is 0 Å². The molecule has 2 aliphatic heterocycles. The number of aromatic nitrogens is 4. The van der Waals surface area contributed by atoms with Gasteiger partial charge in [0.05, 0.1) is 42.3 Å². The van der Waals surface area contributed by atoms with Crippen molar-refractivity contribution < 1.29 is 14.3 Å². The molecule has 0 saturated carbocycles. The van der Waals surface area contributed by atoms with Crippen LogP contribution >= 0.6 is 11.6 Å². The maximum absolute atomic E-state index is 13.1. The van der Waals surface area contributed by atoms with Crippen LogP contribution in [0.15, 0.2) is 48.8 Å². The first kappa shape index (κ1) is 21.8. The number of carbonyl (C=O) groups is 1. The minimum Gasteiger partial charge on any atom is -0.492 e. The number of fused-ring (bicyclic) bond motifs is 5. The monoisotopic (exact) mass is 468 g/mol. The topological polar surface area (TPSA) is 94.4 Å². The molecule has 3 aromatic rings. The van der Waals surface area contributed by atoms with Gasteiger partial charge in [-0.2, -0.15) is 0 Å². The summed E-state index contributed by atoms with van der Waals surface area (Å²) in [5, 5.41) is 12.0. The Hall–Kier alpha value is -3.01. The lowest BCUT2D eigenvalue weighted by Gasteiger charge is -2.20. The second-order valence-corrected chi connectivity index (χ2v) is 8.67. The van der Waals surface area contributed by atoms with E-state index in [0.29, 0.717) is 55.7 Å². The lowest BCUT2D eigenvalue weighted by molar-refractivity contribution is 0.0293. The molecule has 0 radical (unpaired) electrons. The van der Waals surface area contributed by atoms with Gasteiger partial charge in [-0.15, -0.1) is 5.10 Å². The van der Waals surface area contributed by atoms with Crippen LogP contribution in [0.5, 0.6) is 5.75 Å². The van der Waals surface area contributed by atoms with Gasteiger partial charge in [0.15, 0.2) is 0 Å². The first-order chi connectivity index (χ1) is 16.1. The summed E-state index contributed by atoms with van der Waals surface area (Å²) >= 11 is 6.28. The summed E-state index contributed by atoms with van der Waals surface area (Å²) in [5.74, 6) is 0.305. The number of aryl methyl sites for hydroxylation is 1. The fourth-order valence-corrected chi connectivity index (χ4v) is 4.30. The van der Waals surface area contributed by atoms with Gasteiger partial charge in [0.1, 0.15) is 11.4 Å². The van der Waals surface area contributed by atoms with E-state index in [4.69, 9.17) is 21.1 Å². The van der Waals surface area contributed by atoms with Crippen molar-refractivity contribution in [3.8, 4) is 5.75 Å². The van der Waals surface area contributed by atoms with Gasteiger partial charge in [-0.3, -0.25) is 19.4 Å². The molecule has 2 atom stereocenters. The Bertz CT molecular complexity index is 1110. The Balaban J connectivity index is 1.38. The second kappa shape index (κ2) is 9.86. The highest BCUT2D eigenvalue weighted by molar-refractivity contribution is 6.32. The molecule has 5 rings (SSSR count). The highest BCUT2D eigenvalue weighted by Gasteiger charge is 2.35. The van der Waals surface area contributed by atoms with Crippen molar-refractivity contribution in [2.45, 2.75) is 38.3 Å². The number of hydrogen-bond donors (Lipinski definition) is 1. The molecule has 1 aromatic carbocycles. The van der Waals surface area contributed by atoms with Crippen molar-refractivity contribution in [1.82, 2.24) is 30.2 Å². The average molecular weight is 469 g/mol. The van der Waals surface area contributed by atoms with E-state index < -0.39 is 0 Å². The van der Waals surface area contributed by atoms with Gasteiger partial charge in [-0.25, -0.2) is 0 Å². The number of halogens is 1. The number of likely N-dealkylation sites (tertiary alicyclic amines) is 1. The Labute approximate surface area is 196 Å². The van der Waals surface area contributed by atoms with Gasteiger partial charge in [0.25, 0.3) is 5.91 Å². The molecule has 1 saturated heterocycles. The number of pyridine rings is 1. The van der Waals surface area contributed by atoms with Crippen LogP contribution in [0.25, 0.3) is 0 Å². The first-order valence-corrected chi connectivity index (χ1v) is 11.4. The largest absolute Gasteiger partial charge is 0.492 e. The average Bonchev–Trinajstić information content (AvgIpc) is 3.43. The van der Waals surface area contributed by atoms with Gasteiger partial charge >= 0.3 is 0 Å². The molecule has 1 fully saturated rings. The molecule has 1 N–H and O–H groups in total. The van der Waals surface area contributed by atoms with Crippen LogP contribution in [-0.4, -0.2) is 62.6 Å². The highest BCUT2D eigenvalue weighted by atomic mass is 35.5. The molecule has 0 spiro atoms. The summed E-state index contributed by atoms with van der Waals surface area (Å²) < 4.78 is 13.8. The maximum atomic E-state index is 13.1. The minimum atomic E-state index is -0.196. The quantitative estimate of drug-likeness (QED) is 0.616. The normalized spacial score (nSPS) is 21.8. The van der Waals surface area contributed by atoms with E-state index in [1.165, 1.54) is 0 Å². The van der Waals surface area contributed by atoms with Gasteiger partial charge in [0, 0.05) is 44.4 Å². The smallest absolute Gasteiger partial charge is 0.251 e. The molecule has 4 bridgehead atoms. The van der Waals surface area contributed by atoms with E-state index in [-0.39, 0.29) is 18.1 Å². The zero-order valence-electron chi connectivity index (χ0n) is 18.1. The number of amides is 1. The van der Waals surface area contributed by atoms with Crippen molar-refractivity contribution in [2.24, 2.45) is 0 Å². The fourth-order valence-electron chi connectivity index (χ4n) is 4.13. The van der Waals surface area contributed by atoms with Gasteiger partial charge in [-0.05, 0) is 30.3 Å². The Kier molecular flexibility index (Phi) is 6.52. The molecular weight excluding hydrogens is 444 g/mol. The third kappa shape index (κ3) is 5.32. The molecule has 10 heteroatoms. The molecule has 0 aliphatic carbocycles. The highest BCUT2D eigenvalue weighted by Crippen LogP contribution is 2.26. The lowest BCUT2D eigenvalue weighted by Crippen LogP contribution is -2.44. The Morgan fingerprint density at radius 1 is 1.21 bits per heavy atom. The van der Waals surface area contributed by atoms with E-state index >= 15 is 0 Å². The number of nitrogens with zero attached hydrogens (tertiary/aromatic N) is 5. The van der Waals surface area contributed by atoms with Crippen LogP contribution in [0.3, 0.4) is 0 Å². The van der Waals surface area contributed by atoms with E-state index in [1.54, 1.807) is 29.1 Å². The zero-order valence-corrected chi connectivity index (χ0v) is 18.8. The van der Waals surface area contributed by atoms with Crippen molar-refractivity contribution in [3.63, 3.8) is 0 Å². The molecule has 0 unspecified atom stereocenters.